The predicted molar refractivity (Wildman–Crippen MR) is 119 cm³/mol. The molecule has 31 heavy (non-hydrogen) atoms. The Kier molecular flexibility index (Phi) is 6.94. The van der Waals surface area contributed by atoms with Crippen LogP contribution in [0, 0.1) is 19.1 Å². The molecule has 3 aromatic rings. The van der Waals surface area contributed by atoms with E-state index in [1.165, 1.54) is 36.7 Å². The van der Waals surface area contributed by atoms with Crippen LogP contribution < -0.4 is 10.0 Å². The van der Waals surface area contributed by atoms with Gasteiger partial charge in [0.15, 0.2) is 12.4 Å². The van der Waals surface area contributed by atoms with Crippen LogP contribution in [0.5, 0.6) is 0 Å². The average Bonchev–Trinajstić information content (AvgIpc) is 2.73. The molecule has 1 amide bonds. The van der Waals surface area contributed by atoms with Crippen molar-refractivity contribution in [1.29, 1.82) is 0 Å². The lowest BCUT2D eigenvalue weighted by molar-refractivity contribution is -0.605. The maximum atomic E-state index is 13.3. The number of nitrogens with zero attached hydrogens (tertiary/aromatic N) is 2. The fourth-order valence-electron chi connectivity index (χ4n) is 2.93. The molecule has 0 fully saturated rings. The van der Waals surface area contributed by atoms with E-state index in [1.54, 1.807) is 37.3 Å². The third-order valence-electron chi connectivity index (χ3n) is 4.75. The number of carbonyl (C=O) groups excluding carboxylic acids is 1. The Balaban J connectivity index is 1.89. The average molecular weight is 460 g/mol. The van der Waals surface area contributed by atoms with E-state index < -0.39 is 22.5 Å². The monoisotopic (exact) mass is 459 g/mol. The molecular formula is C22H22ClN3O4S. The summed E-state index contributed by atoms with van der Waals surface area (Å²) < 4.78 is 28.3. The summed E-state index contributed by atoms with van der Waals surface area (Å²) in [7, 11) is -3.97. The van der Waals surface area contributed by atoms with Crippen LogP contribution in [0.1, 0.15) is 16.7 Å². The van der Waals surface area contributed by atoms with Crippen molar-refractivity contribution in [2.75, 3.05) is 11.9 Å². The van der Waals surface area contributed by atoms with Gasteiger partial charge >= 0.3 is 0 Å². The zero-order chi connectivity index (χ0) is 22.6. The van der Waals surface area contributed by atoms with E-state index in [-0.39, 0.29) is 11.4 Å². The van der Waals surface area contributed by atoms with E-state index >= 15 is 0 Å². The van der Waals surface area contributed by atoms with Crippen LogP contribution in [0.4, 0.5) is 5.69 Å². The topological polar surface area (TPSA) is 93.4 Å². The predicted octanol–water partition coefficient (Wildman–Crippen LogP) is 3.42. The van der Waals surface area contributed by atoms with Gasteiger partial charge in [-0.3, -0.25) is 4.79 Å². The minimum Gasteiger partial charge on any atom is -0.619 e. The lowest BCUT2D eigenvalue weighted by atomic mass is 10.2. The van der Waals surface area contributed by atoms with Crippen molar-refractivity contribution in [3.8, 4) is 0 Å². The number of nitrogens with one attached hydrogen (secondary N) is 1. The van der Waals surface area contributed by atoms with Crippen molar-refractivity contribution in [3.05, 3.63) is 93.9 Å². The van der Waals surface area contributed by atoms with Crippen LogP contribution in [0.15, 0.2) is 71.9 Å². The highest BCUT2D eigenvalue weighted by molar-refractivity contribution is 7.89. The highest BCUT2D eigenvalue weighted by atomic mass is 35.5. The third-order valence-corrected chi connectivity index (χ3v) is 6.97. The van der Waals surface area contributed by atoms with Crippen molar-refractivity contribution in [2.24, 2.45) is 0 Å². The molecule has 0 saturated heterocycles. The number of hydrogen-bond donors (Lipinski definition) is 1. The Morgan fingerprint density at radius 2 is 1.71 bits per heavy atom. The summed E-state index contributed by atoms with van der Waals surface area (Å²) in [5.74, 6) is -0.504. The quantitative estimate of drug-likeness (QED) is 0.432. The number of pyridine rings is 1. The van der Waals surface area contributed by atoms with Crippen LogP contribution >= 0.6 is 11.6 Å². The summed E-state index contributed by atoms with van der Waals surface area (Å²) in [5, 5.41) is 14.5. The lowest BCUT2D eigenvalue weighted by Crippen LogP contribution is -2.38. The van der Waals surface area contributed by atoms with E-state index in [0.29, 0.717) is 26.6 Å². The number of sulfonamides is 1. The number of benzene rings is 2. The van der Waals surface area contributed by atoms with Crippen molar-refractivity contribution in [2.45, 2.75) is 25.3 Å². The lowest BCUT2D eigenvalue weighted by Gasteiger charge is -2.22. The van der Waals surface area contributed by atoms with Crippen molar-refractivity contribution < 1.29 is 17.9 Å². The van der Waals surface area contributed by atoms with Crippen LogP contribution in [0.25, 0.3) is 0 Å². The number of aromatic nitrogens is 1. The molecule has 7 nitrogen and oxygen atoms in total. The van der Waals surface area contributed by atoms with E-state index in [1.807, 2.05) is 6.92 Å². The molecule has 1 heterocycles. The molecule has 162 valence electrons. The fourth-order valence-corrected chi connectivity index (χ4v) is 4.49. The molecule has 0 spiro atoms. The standard InChI is InChI=1S/C22H22ClN3O4S/c1-16-6-8-19(9-7-16)31(29,30)26(14-18-10-12-25(28)13-11-18)15-22(27)24-21-5-3-4-20(23)17(21)2/h3-13H,14-15H2,1-2H3,(H,24,27). The Hall–Kier alpha value is -2.94. The summed E-state index contributed by atoms with van der Waals surface area (Å²) in [6, 6.07) is 14.6. The molecule has 0 saturated carbocycles. The fraction of sp³-hybridized carbons (Fsp3) is 0.182. The Morgan fingerprint density at radius 3 is 2.35 bits per heavy atom. The van der Waals surface area contributed by atoms with E-state index in [0.717, 1.165) is 9.87 Å². The van der Waals surface area contributed by atoms with Crippen LogP contribution in [0.3, 0.4) is 0 Å². The highest BCUT2D eigenvalue weighted by Gasteiger charge is 2.27. The van der Waals surface area contributed by atoms with Gasteiger partial charge in [0.05, 0.1) is 11.4 Å². The molecule has 0 bridgehead atoms. The van der Waals surface area contributed by atoms with Gasteiger partial charge in [-0.05, 0) is 49.2 Å². The molecule has 0 unspecified atom stereocenters. The summed E-state index contributed by atoms with van der Waals surface area (Å²) in [6.45, 7) is 3.14. The first kappa shape index (κ1) is 22.7. The molecule has 2 aromatic carbocycles. The van der Waals surface area contributed by atoms with Gasteiger partial charge < -0.3 is 10.5 Å². The Labute approximate surface area is 186 Å². The van der Waals surface area contributed by atoms with Gasteiger partial charge in [0.25, 0.3) is 0 Å². The molecule has 1 N–H and O–H groups in total. The Bertz CT molecular complexity index is 1180. The molecule has 1 aromatic heterocycles. The summed E-state index contributed by atoms with van der Waals surface area (Å²) in [6.07, 6.45) is 2.56. The largest absolute Gasteiger partial charge is 0.619 e. The van der Waals surface area contributed by atoms with Crippen LogP contribution in [0.2, 0.25) is 5.02 Å². The molecule has 0 aliphatic heterocycles. The third kappa shape index (κ3) is 5.61. The van der Waals surface area contributed by atoms with Crippen LogP contribution in [-0.4, -0.2) is 25.2 Å². The van der Waals surface area contributed by atoms with Gasteiger partial charge in [-0.15, -0.1) is 0 Å². The molecule has 0 atom stereocenters. The number of amides is 1. The first-order chi connectivity index (χ1) is 14.7. The Morgan fingerprint density at radius 1 is 1.06 bits per heavy atom. The molecule has 3 rings (SSSR count). The van der Waals surface area contributed by atoms with E-state index in [9.17, 15) is 18.4 Å². The number of anilines is 1. The number of aryl methyl sites for hydroxylation is 1. The maximum absolute atomic E-state index is 13.3. The zero-order valence-corrected chi connectivity index (χ0v) is 18.7. The van der Waals surface area contributed by atoms with Crippen molar-refractivity contribution >= 4 is 33.2 Å². The number of rotatable bonds is 7. The van der Waals surface area contributed by atoms with E-state index in [4.69, 9.17) is 11.6 Å². The molecule has 0 aliphatic carbocycles. The van der Waals surface area contributed by atoms with Gasteiger partial charge in [0.1, 0.15) is 0 Å². The second-order valence-electron chi connectivity index (χ2n) is 7.11. The minimum atomic E-state index is -3.97. The van der Waals surface area contributed by atoms with Gasteiger partial charge in [-0.1, -0.05) is 35.4 Å². The normalized spacial score (nSPS) is 11.5. The number of halogens is 1. The summed E-state index contributed by atoms with van der Waals surface area (Å²) >= 11 is 6.10. The van der Waals surface area contributed by atoms with Gasteiger partial charge in [0, 0.05) is 29.4 Å². The molecule has 0 aliphatic rings. The van der Waals surface area contributed by atoms with Crippen molar-refractivity contribution in [3.63, 3.8) is 0 Å². The molecule has 0 radical (unpaired) electrons. The second kappa shape index (κ2) is 9.47. The minimum absolute atomic E-state index is 0.0704. The smallest absolute Gasteiger partial charge is 0.243 e. The zero-order valence-electron chi connectivity index (χ0n) is 17.1. The molecular weight excluding hydrogens is 438 g/mol. The van der Waals surface area contributed by atoms with Crippen molar-refractivity contribution in [1.82, 2.24) is 4.31 Å². The number of hydrogen-bond acceptors (Lipinski definition) is 4. The second-order valence-corrected chi connectivity index (χ2v) is 9.46. The first-order valence-electron chi connectivity index (χ1n) is 9.46. The summed E-state index contributed by atoms with van der Waals surface area (Å²) in [4.78, 5) is 12.8. The first-order valence-corrected chi connectivity index (χ1v) is 11.3. The number of carbonyl (C=O) groups is 1. The summed E-state index contributed by atoms with van der Waals surface area (Å²) in [5.41, 5.74) is 2.70. The van der Waals surface area contributed by atoms with Gasteiger partial charge in [-0.2, -0.15) is 9.04 Å². The SMILES string of the molecule is Cc1ccc(S(=O)(=O)N(CC(=O)Nc2cccc(Cl)c2C)Cc2cc[n+]([O-])cc2)cc1. The van der Waals surface area contributed by atoms with E-state index in [2.05, 4.69) is 5.32 Å². The maximum Gasteiger partial charge on any atom is 0.243 e. The van der Waals surface area contributed by atoms with Gasteiger partial charge in [0.2, 0.25) is 15.9 Å². The molecule has 9 heteroatoms. The highest BCUT2D eigenvalue weighted by Crippen LogP contribution is 2.24. The van der Waals surface area contributed by atoms with Crippen LogP contribution in [-0.2, 0) is 21.4 Å². The van der Waals surface area contributed by atoms with Gasteiger partial charge in [-0.25, -0.2) is 8.42 Å².